The van der Waals surface area contributed by atoms with E-state index >= 15 is 0 Å². The van der Waals surface area contributed by atoms with Crippen LogP contribution in [0.1, 0.15) is 51.0 Å². The highest BCUT2D eigenvalue weighted by molar-refractivity contribution is 9.10. The van der Waals surface area contributed by atoms with Crippen LogP contribution in [0.3, 0.4) is 0 Å². The Bertz CT molecular complexity index is 1400. The standard InChI is InChI=1S/C27H33BrCl2N4O6S2/c1-2-14-34-24(35)19(10-6-7-13-31-26(37)40-17-18-8-4-3-5-9-18)32-25(36)27(34)11-15-33(16-12-27)42(38,39)21-20(28)22(29)41-23(21)30/h3-5,8-9,19H,2,6-7,10-17H2,1H3,(H,31,37)(H,32,36)/t19-/m0/s1. The van der Waals surface area contributed by atoms with Gasteiger partial charge in [-0.15, -0.1) is 11.3 Å². The van der Waals surface area contributed by atoms with Crippen molar-refractivity contribution in [3.05, 3.63) is 49.0 Å². The summed E-state index contributed by atoms with van der Waals surface area (Å²) in [6.07, 6.45) is 2.11. The Morgan fingerprint density at radius 1 is 1.17 bits per heavy atom. The molecule has 0 radical (unpaired) electrons. The smallest absolute Gasteiger partial charge is 0.407 e. The number of halogens is 3. The van der Waals surface area contributed by atoms with Gasteiger partial charge in [-0.25, -0.2) is 13.2 Å². The number of piperazine rings is 1. The minimum absolute atomic E-state index is 0.0518. The number of unbranched alkanes of at least 4 members (excludes halogenated alkanes) is 1. The summed E-state index contributed by atoms with van der Waals surface area (Å²) in [6, 6.07) is 8.70. The molecule has 2 saturated heterocycles. The molecule has 0 aliphatic carbocycles. The van der Waals surface area contributed by atoms with E-state index in [0.717, 1.165) is 16.9 Å². The lowest BCUT2D eigenvalue weighted by Gasteiger charge is -2.51. The second-order valence-corrected chi connectivity index (χ2v) is 15.1. The number of thiophene rings is 1. The average molecular weight is 725 g/mol. The third-order valence-electron chi connectivity index (χ3n) is 7.53. The second kappa shape index (κ2) is 14.3. The lowest BCUT2D eigenvalue weighted by atomic mass is 9.81. The third kappa shape index (κ3) is 7.07. The van der Waals surface area contributed by atoms with Gasteiger partial charge in [-0.05, 0) is 60.0 Å². The van der Waals surface area contributed by atoms with Crippen molar-refractivity contribution in [2.75, 3.05) is 26.2 Å². The lowest BCUT2D eigenvalue weighted by molar-refractivity contribution is -0.160. The molecular weight excluding hydrogens is 691 g/mol. The van der Waals surface area contributed by atoms with Gasteiger partial charge < -0.3 is 20.3 Å². The quantitative estimate of drug-likeness (QED) is 0.308. The van der Waals surface area contributed by atoms with E-state index in [2.05, 4.69) is 26.6 Å². The Morgan fingerprint density at radius 2 is 1.86 bits per heavy atom. The number of amides is 3. The average Bonchev–Trinajstić information content (AvgIpc) is 3.24. The van der Waals surface area contributed by atoms with E-state index in [-0.39, 0.29) is 62.4 Å². The van der Waals surface area contributed by atoms with Crippen molar-refractivity contribution in [1.82, 2.24) is 19.8 Å². The highest BCUT2D eigenvalue weighted by Crippen LogP contribution is 2.45. The Balaban J connectivity index is 1.30. The van der Waals surface area contributed by atoms with Crippen molar-refractivity contribution in [2.45, 2.75) is 68.5 Å². The van der Waals surface area contributed by atoms with E-state index in [1.165, 1.54) is 4.31 Å². The first-order valence-electron chi connectivity index (χ1n) is 13.7. The number of nitrogens with zero attached hydrogens (tertiary/aromatic N) is 2. The molecule has 1 aromatic carbocycles. The number of hydrogen-bond donors (Lipinski definition) is 2. The van der Waals surface area contributed by atoms with E-state index < -0.39 is 27.7 Å². The van der Waals surface area contributed by atoms with E-state index in [4.69, 9.17) is 27.9 Å². The summed E-state index contributed by atoms with van der Waals surface area (Å²) in [7, 11) is -3.96. The molecule has 2 aromatic rings. The molecule has 3 heterocycles. The second-order valence-electron chi connectivity index (χ2n) is 10.2. The Labute approximate surface area is 268 Å². The Morgan fingerprint density at radius 3 is 2.48 bits per heavy atom. The summed E-state index contributed by atoms with van der Waals surface area (Å²) >= 11 is 16.5. The van der Waals surface area contributed by atoms with E-state index in [9.17, 15) is 22.8 Å². The van der Waals surface area contributed by atoms with Gasteiger partial charge in [0.25, 0.3) is 0 Å². The maximum Gasteiger partial charge on any atom is 0.407 e. The summed E-state index contributed by atoms with van der Waals surface area (Å²) in [4.78, 5) is 40.6. The molecule has 10 nitrogen and oxygen atoms in total. The van der Waals surface area contributed by atoms with Gasteiger partial charge in [0.05, 0.1) is 4.47 Å². The highest BCUT2D eigenvalue weighted by atomic mass is 79.9. The first-order chi connectivity index (χ1) is 20.0. The molecule has 4 rings (SSSR count). The highest BCUT2D eigenvalue weighted by Gasteiger charge is 2.54. The Hall–Kier alpha value is -1.90. The zero-order valence-electron chi connectivity index (χ0n) is 23.0. The van der Waals surface area contributed by atoms with Crippen molar-refractivity contribution < 1.29 is 27.5 Å². The molecular formula is C27H33BrCl2N4O6S2. The molecule has 42 heavy (non-hydrogen) atoms. The number of piperidine rings is 1. The van der Waals surface area contributed by atoms with Crippen LogP contribution in [0, 0.1) is 0 Å². The van der Waals surface area contributed by atoms with Crippen LogP contribution >= 0.6 is 50.5 Å². The molecule has 2 N–H and O–H groups in total. The number of carbonyl (C=O) groups excluding carboxylic acids is 3. The van der Waals surface area contributed by atoms with Gasteiger partial charge in [-0.3, -0.25) is 9.59 Å². The summed E-state index contributed by atoms with van der Waals surface area (Å²) in [5, 5.41) is 5.61. The van der Waals surface area contributed by atoms with E-state index in [0.29, 0.717) is 38.8 Å². The number of ether oxygens (including phenoxy) is 1. The van der Waals surface area contributed by atoms with Crippen LogP contribution in [0.15, 0.2) is 39.7 Å². The van der Waals surface area contributed by atoms with Gasteiger partial charge >= 0.3 is 6.09 Å². The Kier molecular flexibility index (Phi) is 11.2. The normalized spacial score (nSPS) is 19.1. The fourth-order valence-electron chi connectivity index (χ4n) is 5.34. The topological polar surface area (TPSA) is 125 Å². The SMILES string of the molecule is CCCN1C(=O)[C@H](CCCCNC(=O)OCc2ccccc2)NC(=O)C12CCN(S(=O)(=O)c1c(Cl)sc(Cl)c1Br)CC2. The molecule has 2 fully saturated rings. The lowest BCUT2D eigenvalue weighted by Crippen LogP contribution is -2.73. The van der Waals surface area contributed by atoms with Crippen LogP contribution in [-0.2, 0) is 31.0 Å². The number of hydrogen-bond acceptors (Lipinski definition) is 7. The number of carbonyl (C=O) groups is 3. The molecule has 1 atom stereocenters. The van der Waals surface area contributed by atoms with Gasteiger partial charge in [-0.1, -0.05) is 60.5 Å². The molecule has 0 saturated carbocycles. The van der Waals surface area contributed by atoms with Crippen molar-refractivity contribution in [3.8, 4) is 0 Å². The fraction of sp³-hybridized carbons (Fsp3) is 0.519. The zero-order chi connectivity index (χ0) is 30.5. The molecule has 2 aliphatic rings. The summed E-state index contributed by atoms with van der Waals surface area (Å²) in [5.41, 5.74) is -0.224. The minimum atomic E-state index is -3.96. The number of benzene rings is 1. The fourth-order valence-corrected chi connectivity index (χ4v) is 10.3. The first kappa shape index (κ1) is 33.0. The predicted molar refractivity (Wildman–Crippen MR) is 165 cm³/mol. The van der Waals surface area contributed by atoms with Crippen molar-refractivity contribution in [3.63, 3.8) is 0 Å². The number of nitrogens with one attached hydrogen (secondary N) is 2. The molecule has 3 amide bonds. The van der Waals surface area contributed by atoms with Crippen LogP contribution < -0.4 is 10.6 Å². The number of rotatable bonds is 11. The predicted octanol–water partition coefficient (Wildman–Crippen LogP) is 5.17. The van der Waals surface area contributed by atoms with Crippen LogP contribution in [0.4, 0.5) is 4.79 Å². The molecule has 0 unspecified atom stereocenters. The molecule has 2 aliphatic heterocycles. The first-order valence-corrected chi connectivity index (χ1v) is 17.5. The molecule has 15 heteroatoms. The minimum Gasteiger partial charge on any atom is -0.445 e. The van der Waals surface area contributed by atoms with Crippen molar-refractivity contribution in [2.24, 2.45) is 0 Å². The monoisotopic (exact) mass is 722 g/mol. The van der Waals surface area contributed by atoms with Crippen LogP contribution in [0.2, 0.25) is 8.67 Å². The molecule has 1 aromatic heterocycles. The van der Waals surface area contributed by atoms with Gasteiger partial charge in [0, 0.05) is 26.2 Å². The maximum atomic E-state index is 13.6. The van der Waals surface area contributed by atoms with E-state index in [1.807, 2.05) is 37.3 Å². The van der Waals surface area contributed by atoms with Gasteiger partial charge in [0.15, 0.2) is 0 Å². The largest absolute Gasteiger partial charge is 0.445 e. The van der Waals surface area contributed by atoms with Gasteiger partial charge in [0.2, 0.25) is 21.8 Å². The third-order valence-corrected chi connectivity index (χ3v) is 12.9. The molecule has 1 spiro atoms. The van der Waals surface area contributed by atoms with Gasteiger partial charge in [0.1, 0.15) is 31.8 Å². The summed E-state index contributed by atoms with van der Waals surface area (Å²) < 4.78 is 33.8. The molecule has 230 valence electrons. The number of alkyl carbamates (subject to hydrolysis) is 1. The van der Waals surface area contributed by atoms with Crippen LogP contribution in [-0.4, -0.2) is 73.3 Å². The van der Waals surface area contributed by atoms with Crippen LogP contribution in [0.5, 0.6) is 0 Å². The van der Waals surface area contributed by atoms with E-state index in [1.54, 1.807) is 4.90 Å². The van der Waals surface area contributed by atoms with Gasteiger partial charge in [-0.2, -0.15) is 4.31 Å². The van der Waals surface area contributed by atoms with Crippen LogP contribution in [0.25, 0.3) is 0 Å². The van der Waals surface area contributed by atoms with Crippen molar-refractivity contribution in [1.29, 1.82) is 0 Å². The zero-order valence-corrected chi connectivity index (χ0v) is 27.8. The number of sulfonamides is 1. The molecule has 0 bridgehead atoms. The summed E-state index contributed by atoms with van der Waals surface area (Å²) in [6.45, 7) is 2.99. The van der Waals surface area contributed by atoms with Crippen molar-refractivity contribution >= 4 is 78.4 Å². The summed E-state index contributed by atoms with van der Waals surface area (Å²) in [5.74, 6) is -0.434. The maximum absolute atomic E-state index is 13.6.